The monoisotopic (exact) mass is 241 g/mol. The van der Waals surface area contributed by atoms with E-state index < -0.39 is 0 Å². The first-order valence-electron chi connectivity index (χ1n) is 7.62. The highest BCUT2D eigenvalue weighted by molar-refractivity contribution is 5.29. The summed E-state index contributed by atoms with van der Waals surface area (Å²) in [6.45, 7) is 0. The molecule has 0 bridgehead atoms. The molecule has 2 saturated carbocycles. The lowest BCUT2D eigenvalue weighted by molar-refractivity contribution is -0.954. The fraction of sp³-hybridized carbons (Fsp3) is 0.647. The Morgan fingerprint density at radius 2 is 1.78 bits per heavy atom. The molecule has 1 unspecified atom stereocenters. The topological polar surface area (TPSA) is 0 Å². The molecule has 4 rings (SSSR count). The molecule has 3 aliphatic rings. The Morgan fingerprint density at radius 1 is 1.06 bits per heavy atom. The second-order valence-electron chi connectivity index (χ2n) is 6.75. The molecule has 0 aromatic heterocycles. The zero-order chi connectivity index (χ0) is 12.2. The fourth-order valence-corrected chi connectivity index (χ4v) is 4.22. The van der Waals surface area contributed by atoms with Gasteiger partial charge in [0.25, 0.3) is 0 Å². The zero-order valence-electron chi connectivity index (χ0n) is 11.4. The van der Waals surface area contributed by atoms with Crippen molar-refractivity contribution in [2.45, 2.75) is 63.1 Å². The van der Waals surface area contributed by atoms with Crippen LogP contribution in [0.1, 0.15) is 43.2 Å². The summed E-state index contributed by atoms with van der Waals surface area (Å²) in [6, 6.07) is 12.9. The Balaban J connectivity index is 1.62. The van der Waals surface area contributed by atoms with Crippen LogP contribution in [0.5, 0.6) is 0 Å². The Bertz CT molecular complexity index is 444. The van der Waals surface area contributed by atoms with E-state index in [1.807, 2.05) is 0 Å². The van der Waals surface area contributed by atoms with Crippen molar-refractivity contribution in [1.82, 2.24) is 0 Å². The second kappa shape index (κ2) is 3.84. The van der Waals surface area contributed by atoms with Crippen molar-refractivity contribution in [3.8, 4) is 0 Å². The van der Waals surface area contributed by atoms with Gasteiger partial charge in [0.05, 0.1) is 25.2 Å². The molecular weight excluding hydrogens is 218 g/mol. The van der Waals surface area contributed by atoms with Crippen molar-refractivity contribution in [2.75, 3.05) is 7.05 Å². The quantitative estimate of drug-likeness (QED) is 0.713. The lowest BCUT2D eigenvalue weighted by atomic mass is 9.86. The van der Waals surface area contributed by atoms with E-state index in [0.29, 0.717) is 0 Å². The SMILES string of the molecule is C[N+](C1CC1)(C1CC1)C1CCc2ccc[c]c2C1. The summed E-state index contributed by atoms with van der Waals surface area (Å²) >= 11 is 0. The number of fused-ring (bicyclic) bond motifs is 1. The molecular formula is C17H23N+. The molecule has 0 saturated heterocycles. The number of benzene rings is 1. The number of aryl methyl sites for hydroxylation is 1. The molecule has 1 aromatic carbocycles. The summed E-state index contributed by atoms with van der Waals surface area (Å²) in [6.07, 6.45) is 9.88. The van der Waals surface area contributed by atoms with Crippen LogP contribution in [-0.2, 0) is 12.8 Å². The number of nitrogens with zero attached hydrogens (tertiary/aromatic N) is 1. The third-order valence-electron chi connectivity index (χ3n) is 5.68. The van der Waals surface area contributed by atoms with E-state index in [1.54, 1.807) is 5.56 Å². The molecule has 3 aliphatic carbocycles. The van der Waals surface area contributed by atoms with Gasteiger partial charge in [0.1, 0.15) is 0 Å². The van der Waals surface area contributed by atoms with E-state index in [0.717, 1.165) is 18.1 Å². The van der Waals surface area contributed by atoms with Crippen molar-refractivity contribution in [3.63, 3.8) is 0 Å². The maximum Gasteiger partial charge on any atom is 0.0936 e. The molecule has 0 heterocycles. The molecule has 0 N–H and O–H groups in total. The third-order valence-corrected chi connectivity index (χ3v) is 5.68. The average Bonchev–Trinajstić information content (AvgIpc) is 3.30. The Morgan fingerprint density at radius 3 is 2.44 bits per heavy atom. The van der Waals surface area contributed by atoms with Crippen LogP contribution >= 0.6 is 0 Å². The van der Waals surface area contributed by atoms with Crippen molar-refractivity contribution in [2.24, 2.45) is 0 Å². The molecule has 0 aliphatic heterocycles. The highest BCUT2D eigenvalue weighted by Gasteiger charge is 2.55. The minimum atomic E-state index is 0.871. The summed E-state index contributed by atoms with van der Waals surface area (Å²) in [4.78, 5) is 0. The van der Waals surface area contributed by atoms with Gasteiger partial charge in [-0.2, -0.15) is 0 Å². The minimum absolute atomic E-state index is 0.871. The summed E-state index contributed by atoms with van der Waals surface area (Å²) in [5, 5.41) is 0. The maximum atomic E-state index is 3.50. The van der Waals surface area contributed by atoms with Gasteiger partial charge in [0, 0.05) is 38.5 Å². The van der Waals surface area contributed by atoms with E-state index in [-0.39, 0.29) is 0 Å². The molecule has 0 spiro atoms. The summed E-state index contributed by atoms with van der Waals surface area (Å²) in [7, 11) is 2.56. The molecule has 1 nitrogen and oxygen atoms in total. The second-order valence-corrected chi connectivity index (χ2v) is 6.75. The molecule has 1 radical (unpaired) electrons. The number of likely N-dealkylation sites (N-methyl/N-ethyl adjacent to an activating group) is 1. The van der Waals surface area contributed by atoms with Crippen molar-refractivity contribution < 1.29 is 4.48 Å². The minimum Gasteiger partial charge on any atom is -0.318 e. The lowest BCUT2D eigenvalue weighted by Gasteiger charge is -2.45. The van der Waals surface area contributed by atoms with Crippen LogP contribution in [0.15, 0.2) is 18.2 Å². The predicted octanol–water partition coefficient (Wildman–Crippen LogP) is 3.12. The smallest absolute Gasteiger partial charge is 0.0936 e. The maximum absolute atomic E-state index is 3.50. The first kappa shape index (κ1) is 11.0. The van der Waals surface area contributed by atoms with Crippen LogP contribution in [-0.4, -0.2) is 29.7 Å². The Hall–Kier alpha value is -0.820. The summed E-state index contributed by atoms with van der Waals surface area (Å²) in [5.41, 5.74) is 3.08. The van der Waals surface area contributed by atoms with Crippen LogP contribution in [0.2, 0.25) is 0 Å². The van der Waals surface area contributed by atoms with Gasteiger partial charge in [-0.1, -0.05) is 18.2 Å². The Kier molecular flexibility index (Phi) is 2.35. The number of hydrogen-bond donors (Lipinski definition) is 0. The van der Waals surface area contributed by atoms with E-state index in [1.165, 1.54) is 55.0 Å². The van der Waals surface area contributed by atoms with Gasteiger partial charge in [0.2, 0.25) is 0 Å². The standard InChI is InChI=1S/C17H23N/c1-18(15-8-9-15,16-10-11-16)17-7-6-13-4-2-3-5-14(13)12-17/h2-4,15-17H,6-12H2,1H3/q+1. The largest absolute Gasteiger partial charge is 0.318 e. The molecule has 1 aromatic rings. The van der Waals surface area contributed by atoms with Crippen LogP contribution in [0.4, 0.5) is 0 Å². The Labute approximate surface area is 110 Å². The average molecular weight is 241 g/mol. The molecule has 1 atom stereocenters. The molecule has 0 amide bonds. The van der Waals surface area contributed by atoms with Gasteiger partial charge in [0.15, 0.2) is 0 Å². The van der Waals surface area contributed by atoms with Crippen molar-refractivity contribution in [1.29, 1.82) is 0 Å². The third kappa shape index (κ3) is 1.64. The lowest BCUT2D eigenvalue weighted by Crippen LogP contribution is -2.57. The summed E-state index contributed by atoms with van der Waals surface area (Å²) < 4.78 is 1.40. The zero-order valence-corrected chi connectivity index (χ0v) is 11.4. The van der Waals surface area contributed by atoms with Crippen LogP contribution in [0, 0.1) is 6.07 Å². The van der Waals surface area contributed by atoms with Gasteiger partial charge >= 0.3 is 0 Å². The van der Waals surface area contributed by atoms with E-state index in [4.69, 9.17) is 0 Å². The summed E-state index contributed by atoms with van der Waals surface area (Å²) in [5.74, 6) is 0. The van der Waals surface area contributed by atoms with Crippen molar-refractivity contribution in [3.05, 3.63) is 35.4 Å². The van der Waals surface area contributed by atoms with E-state index >= 15 is 0 Å². The normalized spacial score (nSPS) is 27.9. The van der Waals surface area contributed by atoms with E-state index in [9.17, 15) is 0 Å². The number of quaternary nitrogens is 1. The van der Waals surface area contributed by atoms with Gasteiger partial charge in [-0.05, 0) is 23.6 Å². The van der Waals surface area contributed by atoms with Crippen LogP contribution in [0.3, 0.4) is 0 Å². The number of hydrogen-bond acceptors (Lipinski definition) is 0. The van der Waals surface area contributed by atoms with Gasteiger partial charge < -0.3 is 4.48 Å². The number of rotatable bonds is 3. The molecule has 2 fully saturated rings. The fourth-order valence-electron chi connectivity index (χ4n) is 4.22. The molecule has 18 heavy (non-hydrogen) atoms. The highest BCUT2D eigenvalue weighted by atomic mass is 15.4. The van der Waals surface area contributed by atoms with Crippen molar-refractivity contribution >= 4 is 0 Å². The van der Waals surface area contributed by atoms with Crippen LogP contribution < -0.4 is 0 Å². The van der Waals surface area contributed by atoms with E-state index in [2.05, 4.69) is 31.3 Å². The first-order chi connectivity index (χ1) is 8.78. The molecule has 1 heteroatoms. The predicted molar refractivity (Wildman–Crippen MR) is 73.3 cm³/mol. The van der Waals surface area contributed by atoms with Gasteiger partial charge in [-0.25, -0.2) is 0 Å². The van der Waals surface area contributed by atoms with Gasteiger partial charge in [-0.3, -0.25) is 0 Å². The molecule has 95 valence electrons. The highest BCUT2D eigenvalue weighted by Crippen LogP contribution is 2.47. The van der Waals surface area contributed by atoms with Gasteiger partial charge in [-0.15, -0.1) is 0 Å². The first-order valence-corrected chi connectivity index (χ1v) is 7.62. The van der Waals surface area contributed by atoms with Crippen LogP contribution in [0.25, 0.3) is 0 Å².